The summed E-state index contributed by atoms with van der Waals surface area (Å²) < 4.78 is 41.6. The fourth-order valence-electron chi connectivity index (χ4n) is 4.27. The molecule has 4 N–H and O–H groups in total. The van der Waals surface area contributed by atoms with Gasteiger partial charge in [0.05, 0.1) is 36.6 Å². The van der Waals surface area contributed by atoms with Crippen LogP contribution in [-0.4, -0.2) is 63.0 Å². The van der Waals surface area contributed by atoms with Crippen LogP contribution in [0.2, 0.25) is 0 Å². The van der Waals surface area contributed by atoms with Crippen LogP contribution in [0.25, 0.3) is 0 Å². The van der Waals surface area contributed by atoms with Crippen molar-refractivity contribution in [3.63, 3.8) is 0 Å². The third-order valence-corrected chi connectivity index (χ3v) is 6.43. The third-order valence-electron chi connectivity index (χ3n) is 5.97. The smallest absolute Gasteiger partial charge is 0.333 e. The fourth-order valence-corrected chi connectivity index (χ4v) is 4.63. The molecule has 2 aromatic heterocycles. The van der Waals surface area contributed by atoms with E-state index in [-0.39, 0.29) is 43.1 Å². The minimum Gasteiger partial charge on any atom is -0.390 e. The summed E-state index contributed by atoms with van der Waals surface area (Å²) in [6.07, 6.45) is 2.21. The Hall–Kier alpha value is -3.10. The van der Waals surface area contributed by atoms with Gasteiger partial charge >= 0.3 is 10.3 Å². The van der Waals surface area contributed by atoms with Crippen LogP contribution in [0.1, 0.15) is 33.7 Å². The number of benzene rings is 1. The highest BCUT2D eigenvalue weighted by molar-refractivity contribution is 7.84. The maximum atomic E-state index is 13.4. The van der Waals surface area contributed by atoms with Gasteiger partial charge in [0.1, 0.15) is 17.8 Å². The van der Waals surface area contributed by atoms with Gasteiger partial charge < -0.3 is 10.2 Å². The van der Waals surface area contributed by atoms with Crippen LogP contribution >= 0.6 is 0 Å². The van der Waals surface area contributed by atoms with E-state index in [0.717, 1.165) is 0 Å². The third kappa shape index (κ3) is 6.13. The van der Waals surface area contributed by atoms with E-state index in [1.54, 1.807) is 18.3 Å². The van der Waals surface area contributed by atoms with Gasteiger partial charge in [-0.3, -0.25) is 13.7 Å². The Bertz CT molecular complexity index is 1320. The zero-order chi connectivity index (χ0) is 25.2. The Morgan fingerprint density at radius 1 is 1.23 bits per heavy atom. The number of nitrogens with zero attached hydrogens (tertiary/aromatic N) is 4. The maximum absolute atomic E-state index is 13.4. The Morgan fingerprint density at radius 2 is 2.00 bits per heavy atom. The molecule has 35 heavy (non-hydrogen) atoms. The first-order chi connectivity index (χ1) is 16.6. The predicted octanol–water partition coefficient (Wildman–Crippen LogP) is 0.212. The van der Waals surface area contributed by atoms with Crippen molar-refractivity contribution in [1.82, 2.24) is 19.7 Å². The van der Waals surface area contributed by atoms with Crippen molar-refractivity contribution in [2.24, 2.45) is 17.0 Å². The molecule has 13 heteroatoms. The van der Waals surface area contributed by atoms with E-state index in [1.165, 1.54) is 35.4 Å². The summed E-state index contributed by atoms with van der Waals surface area (Å²) in [7, 11) is -4.18. The molecule has 4 atom stereocenters. The molecule has 1 saturated carbocycles. The quantitative estimate of drug-likeness (QED) is 0.344. The van der Waals surface area contributed by atoms with E-state index in [4.69, 9.17) is 5.14 Å². The molecule has 3 aromatic rings. The van der Waals surface area contributed by atoms with E-state index in [9.17, 15) is 27.8 Å². The molecule has 0 unspecified atom stereocenters. The highest BCUT2D eigenvalue weighted by Gasteiger charge is 2.42. The lowest BCUT2D eigenvalue weighted by atomic mass is 9.95. The second kappa shape index (κ2) is 10.3. The second-order valence-corrected chi connectivity index (χ2v) is 9.68. The van der Waals surface area contributed by atoms with Gasteiger partial charge in [0.15, 0.2) is 0 Å². The lowest BCUT2D eigenvalue weighted by molar-refractivity contribution is -0.00334. The van der Waals surface area contributed by atoms with Crippen LogP contribution in [0.5, 0.6) is 0 Å². The molecular formula is C22H24FN5O6S. The summed E-state index contributed by atoms with van der Waals surface area (Å²) in [5.41, 5.74) is 1.37. The number of rotatable bonds is 9. The molecule has 0 spiro atoms. The molecular weight excluding hydrogens is 481 g/mol. The zero-order valence-corrected chi connectivity index (χ0v) is 19.3. The Labute approximate surface area is 200 Å². The highest BCUT2D eigenvalue weighted by Crippen LogP contribution is 2.34. The number of hydrogen-bond donors (Lipinski definition) is 3. The number of ketones is 1. The van der Waals surface area contributed by atoms with Gasteiger partial charge in [-0.1, -0.05) is 12.1 Å². The normalized spacial score (nSPS) is 22.4. The molecule has 0 bridgehead atoms. The maximum Gasteiger partial charge on any atom is 0.333 e. The number of hydrogen-bond acceptors (Lipinski definition) is 9. The van der Waals surface area contributed by atoms with Crippen LogP contribution < -0.4 is 5.14 Å². The number of aliphatic hydroxyl groups is 2. The van der Waals surface area contributed by atoms with E-state index >= 15 is 0 Å². The first kappa shape index (κ1) is 25.0. The Balaban J connectivity index is 1.47. The molecule has 0 radical (unpaired) electrons. The van der Waals surface area contributed by atoms with Gasteiger partial charge in [-0.25, -0.2) is 19.5 Å². The summed E-state index contributed by atoms with van der Waals surface area (Å²) in [5, 5.41) is 29.9. The van der Waals surface area contributed by atoms with Gasteiger partial charge in [0, 0.05) is 18.3 Å². The van der Waals surface area contributed by atoms with Crippen LogP contribution in [-0.2, 0) is 27.5 Å². The minimum atomic E-state index is -4.18. The molecule has 4 rings (SSSR count). The van der Waals surface area contributed by atoms with Crippen LogP contribution in [0.15, 0.2) is 49.1 Å². The fraction of sp³-hybridized carbons (Fsp3) is 0.364. The molecule has 1 aliphatic carbocycles. The highest BCUT2D eigenvalue weighted by atomic mass is 32.2. The summed E-state index contributed by atoms with van der Waals surface area (Å²) >= 11 is 0. The van der Waals surface area contributed by atoms with Crippen LogP contribution in [0, 0.1) is 17.7 Å². The van der Waals surface area contributed by atoms with Crippen molar-refractivity contribution < 1.29 is 32.0 Å². The van der Waals surface area contributed by atoms with Crippen molar-refractivity contribution in [2.75, 3.05) is 6.61 Å². The average Bonchev–Trinajstić information content (AvgIpc) is 3.37. The second-order valence-electron chi connectivity index (χ2n) is 8.46. The van der Waals surface area contributed by atoms with Gasteiger partial charge in [0.25, 0.3) is 0 Å². The Morgan fingerprint density at radius 3 is 2.74 bits per heavy atom. The van der Waals surface area contributed by atoms with Crippen molar-refractivity contribution in [3.05, 3.63) is 77.4 Å². The number of nitrogens with two attached hydrogens (primary N) is 1. The Kier molecular flexibility index (Phi) is 7.33. The topological polar surface area (TPSA) is 171 Å². The molecule has 1 fully saturated rings. The number of carbonyl (C=O) groups is 1. The predicted molar refractivity (Wildman–Crippen MR) is 120 cm³/mol. The van der Waals surface area contributed by atoms with E-state index in [1.807, 2.05) is 0 Å². The molecule has 0 aliphatic heterocycles. The number of carbonyl (C=O) groups excluding carboxylic acids is 1. The number of aliphatic hydroxyl groups excluding tert-OH is 2. The molecule has 1 aliphatic rings. The lowest BCUT2D eigenvalue weighted by Crippen LogP contribution is -2.31. The standard InChI is InChI=1S/C22H24FN5O6S/c23-16-3-1-2-13(6-16)10-28-5-4-18(27-28)22(31)17-9-25-12-26-19(17)8-14-7-15(21(30)20(14)29)11-34-35(24,32)33/h1-6,9,12,14-15,20-21,29-30H,7-8,10-11H2,(H2,24,32,33)/t14-,15+,20-,21+/m0/s1. The van der Waals surface area contributed by atoms with Crippen LogP contribution in [0.4, 0.5) is 4.39 Å². The van der Waals surface area contributed by atoms with Crippen LogP contribution in [0.3, 0.4) is 0 Å². The molecule has 11 nitrogen and oxygen atoms in total. The molecule has 0 saturated heterocycles. The zero-order valence-electron chi connectivity index (χ0n) is 18.4. The summed E-state index contributed by atoms with van der Waals surface area (Å²) in [6, 6.07) is 7.60. The first-order valence-corrected chi connectivity index (χ1v) is 12.2. The number of halogens is 1. The number of aromatic nitrogens is 4. The van der Waals surface area contributed by atoms with Gasteiger partial charge in [-0.15, -0.1) is 0 Å². The summed E-state index contributed by atoms with van der Waals surface area (Å²) in [5.74, 6) is -1.96. The van der Waals surface area contributed by atoms with E-state index in [0.29, 0.717) is 11.3 Å². The van der Waals surface area contributed by atoms with Gasteiger partial charge in [0.2, 0.25) is 5.78 Å². The van der Waals surface area contributed by atoms with Gasteiger partial charge in [-0.2, -0.15) is 13.5 Å². The monoisotopic (exact) mass is 505 g/mol. The molecule has 186 valence electrons. The van der Waals surface area contributed by atoms with E-state index < -0.39 is 40.1 Å². The summed E-state index contributed by atoms with van der Waals surface area (Å²) in [4.78, 5) is 21.3. The molecule has 0 amide bonds. The SMILES string of the molecule is NS(=O)(=O)OC[C@H]1C[C@@H](Cc2ncncc2C(=O)c2ccn(Cc3cccc(F)c3)n2)[C@H](O)[C@@H]1O. The van der Waals surface area contributed by atoms with Crippen molar-refractivity contribution in [2.45, 2.75) is 31.6 Å². The van der Waals surface area contributed by atoms with E-state index in [2.05, 4.69) is 19.2 Å². The molecule has 1 aromatic carbocycles. The minimum absolute atomic E-state index is 0.137. The van der Waals surface area contributed by atoms with Crippen molar-refractivity contribution >= 4 is 16.1 Å². The van der Waals surface area contributed by atoms with Gasteiger partial charge in [-0.05, 0) is 42.5 Å². The molecule has 2 heterocycles. The largest absolute Gasteiger partial charge is 0.390 e. The van der Waals surface area contributed by atoms with Crippen molar-refractivity contribution in [1.29, 1.82) is 0 Å². The first-order valence-electron chi connectivity index (χ1n) is 10.8. The average molecular weight is 506 g/mol. The summed E-state index contributed by atoms with van der Waals surface area (Å²) in [6.45, 7) is -0.0941. The lowest BCUT2D eigenvalue weighted by Gasteiger charge is -2.17. The van der Waals surface area contributed by atoms with Crippen molar-refractivity contribution in [3.8, 4) is 0 Å².